The lowest BCUT2D eigenvalue weighted by molar-refractivity contribution is 0.301. The number of hydrogen-bond donors (Lipinski definition) is 2. The molecular formula is C15H17N3OS. The van der Waals surface area contributed by atoms with Gasteiger partial charge in [-0.05, 0) is 17.7 Å². The molecule has 1 aromatic carbocycles. The molecule has 0 saturated heterocycles. The average molecular weight is 287 g/mol. The predicted octanol–water partition coefficient (Wildman–Crippen LogP) is 1.71. The second-order valence-electron chi connectivity index (χ2n) is 4.40. The van der Waals surface area contributed by atoms with E-state index in [2.05, 4.69) is 4.98 Å². The molecule has 0 amide bonds. The van der Waals surface area contributed by atoms with Crippen molar-refractivity contribution < 1.29 is 5.11 Å². The summed E-state index contributed by atoms with van der Waals surface area (Å²) < 4.78 is 0. The Kier molecular flexibility index (Phi) is 5.03. The van der Waals surface area contributed by atoms with Gasteiger partial charge in [0.05, 0.1) is 6.61 Å². The van der Waals surface area contributed by atoms with Crippen LogP contribution in [-0.4, -0.2) is 28.2 Å². The van der Waals surface area contributed by atoms with Gasteiger partial charge >= 0.3 is 0 Å². The first-order valence-corrected chi connectivity index (χ1v) is 6.77. The second-order valence-corrected chi connectivity index (χ2v) is 4.84. The third-order valence-electron chi connectivity index (χ3n) is 2.94. The molecule has 0 aliphatic carbocycles. The van der Waals surface area contributed by atoms with Crippen LogP contribution in [0.4, 0.5) is 5.82 Å². The number of nitrogens with zero attached hydrogens (tertiary/aromatic N) is 2. The summed E-state index contributed by atoms with van der Waals surface area (Å²) in [6.07, 6.45) is 1.66. The summed E-state index contributed by atoms with van der Waals surface area (Å²) in [7, 11) is 0. The van der Waals surface area contributed by atoms with Crippen molar-refractivity contribution in [2.24, 2.45) is 5.73 Å². The number of thiocarbonyl (C=S) groups is 1. The Labute approximate surface area is 123 Å². The highest BCUT2D eigenvalue weighted by Crippen LogP contribution is 2.14. The van der Waals surface area contributed by atoms with Crippen LogP contribution in [0.5, 0.6) is 0 Å². The Hall–Kier alpha value is -1.98. The van der Waals surface area contributed by atoms with Gasteiger partial charge in [-0.1, -0.05) is 42.5 Å². The lowest BCUT2D eigenvalue weighted by atomic mass is 10.2. The van der Waals surface area contributed by atoms with Crippen molar-refractivity contribution in [3.05, 3.63) is 59.8 Å². The van der Waals surface area contributed by atoms with Crippen LogP contribution in [0.1, 0.15) is 11.1 Å². The molecule has 1 aromatic heterocycles. The Balaban J connectivity index is 2.17. The molecule has 20 heavy (non-hydrogen) atoms. The quantitative estimate of drug-likeness (QED) is 0.792. The van der Waals surface area contributed by atoms with Crippen molar-refractivity contribution in [2.45, 2.75) is 6.54 Å². The van der Waals surface area contributed by atoms with Crippen molar-refractivity contribution in [3.63, 3.8) is 0 Å². The van der Waals surface area contributed by atoms with E-state index < -0.39 is 0 Å². The van der Waals surface area contributed by atoms with Crippen molar-refractivity contribution in [2.75, 3.05) is 18.1 Å². The summed E-state index contributed by atoms with van der Waals surface area (Å²) in [5.74, 6) is 0.794. The molecule has 0 fully saturated rings. The molecule has 0 aliphatic heterocycles. The minimum atomic E-state index is 0.0750. The number of hydrogen-bond acceptors (Lipinski definition) is 4. The van der Waals surface area contributed by atoms with Crippen LogP contribution in [0.2, 0.25) is 0 Å². The van der Waals surface area contributed by atoms with E-state index in [9.17, 15) is 5.11 Å². The summed E-state index contributed by atoms with van der Waals surface area (Å²) >= 11 is 4.91. The van der Waals surface area contributed by atoms with E-state index in [1.807, 2.05) is 47.4 Å². The summed E-state index contributed by atoms with van der Waals surface area (Å²) in [4.78, 5) is 6.71. The van der Waals surface area contributed by atoms with Gasteiger partial charge in [-0.2, -0.15) is 0 Å². The first-order valence-electron chi connectivity index (χ1n) is 6.36. The molecule has 0 unspecified atom stereocenters. The number of aliphatic hydroxyl groups excluding tert-OH is 1. The van der Waals surface area contributed by atoms with Crippen LogP contribution < -0.4 is 10.6 Å². The van der Waals surface area contributed by atoms with Crippen molar-refractivity contribution in [1.82, 2.24) is 4.98 Å². The van der Waals surface area contributed by atoms with E-state index in [0.29, 0.717) is 18.1 Å². The monoisotopic (exact) mass is 287 g/mol. The number of rotatable bonds is 6. The standard InChI is InChI=1S/C15H17N3OS/c16-15(20)13-6-7-14(17-10-13)18(8-9-19)11-12-4-2-1-3-5-12/h1-7,10,19H,8-9,11H2,(H2,16,20). The highest BCUT2D eigenvalue weighted by Gasteiger charge is 2.08. The zero-order valence-electron chi connectivity index (χ0n) is 11.1. The number of anilines is 1. The first kappa shape index (κ1) is 14.4. The highest BCUT2D eigenvalue weighted by molar-refractivity contribution is 7.80. The van der Waals surface area contributed by atoms with E-state index in [4.69, 9.17) is 18.0 Å². The Morgan fingerprint density at radius 1 is 1.20 bits per heavy atom. The SMILES string of the molecule is NC(=S)c1ccc(N(CCO)Cc2ccccc2)nc1. The third-order valence-corrected chi connectivity index (χ3v) is 3.18. The molecule has 0 spiro atoms. The second kappa shape index (κ2) is 6.98. The van der Waals surface area contributed by atoms with E-state index >= 15 is 0 Å². The number of benzene rings is 1. The first-order chi connectivity index (χ1) is 9.70. The molecule has 2 rings (SSSR count). The van der Waals surface area contributed by atoms with Crippen molar-refractivity contribution >= 4 is 23.0 Å². The summed E-state index contributed by atoms with van der Waals surface area (Å²) in [6.45, 7) is 1.29. The van der Waals surface area contributed by atoms with E-state index in [0.717, 1.165) is 11.4 Å². The fraction of sp³-hybridized carbons (Fsp3) is 0.200. The van der Waals surface area contributed by atoms with Gasteiger partial charge in [0.25, 0.3) is 0 Å². The van der Waals surface area contributed by atoms with E-state index in [-0.39, 0.29) is 6.61 Å². The van der Waals surface area contributed by atoms with E-state index in [1.165, 1.54) is 5.56 Å². The van der Waals surface area contributed by atoms with Gasteiger partial charge < -0.3 is 15.7 Å². The van der Waals surface area contributed by atoms with Crippen molar-refractivity contribution in [3.8, 4) is 0 Å². The summed E-state index contributed by atoms with van der Waals surface area (Å²) in [5.41, 5.74) is 7.47. The lowest BCUT2D eigenvalue weighted by Crippen LogP contribution is -2.27. The fourth-order valence-electron chi connectivity index (χ4n) is 1.92. The minimum absolute atomic E-state index is 0.0750. The number of nitrogens with two attached hydrogens (primary N) is 1. The molecule has 0 atom stereocenters. The van der Waals surface area contributed by atoms with Crippen LogP contribution in [-0.2, 0) is 6.54 Å². The number of pyridine rings is 1. The van der Waals surface area contributed by atoms with Crippen molar-refractivity contribution in [1.29, 1.82) is 0 Å². The molecule has 2 aromatic rings. The van der Waals surface area contributed by atoms with Crippen LogP contribution >= 0.6 is 12.2 Å². The molecule has 0 radical (unpaired) electrons. The zero-order valence-corrected chi connectivity index (χ0v) is 11.9. The van der Waals surface area contributed by atoms with Gasteiger partial charge in [0.1, 0.15) is 10.8 Å². The van der Waals surface area contributed by atoms with Gasteiger partial charge in [0.15, 0.2) is 0 Å². The maximum absolute atomic E-state index is 9.21. The molecule has 1 heterocycles. The van der Waals surface area contributed by atoms with Crippen LogP contribution in [0, 0.1) is 0 Å². The van der Waals surface area contributed by atoms with Gasteiger partial charge in [-0.3, -0.25) is 0 Å². The molecule has 0 bridgehead atoms. The summed E-state index contributed by atoms with van der Waals surface area (Å²) in [5, 5.41) is 9.21. The topological polar surface area (TPSA) is 62.4 Å². The Morgan fingerprint density at radius 3 is 2.50 bits per heavy atom. The maximum Gasteiger partial charge on any atom is 0.128 e. The fourth-order valence-corrected chi connectivity index (χ4v) is 2.04. The average Bonchev–Trinajstić information content (AvgIpc) is 2.48. The van der Waals surface area contributed by atoms with Crippen LogP contribution in [0.3, 0.4) is 0 Å². The molecule has 5 heteroatoms. The molecule has 104 valence electrons. The smallest absolute Gasteiger partial charge is 0.128 e. The van der Waals surface area contributed by atoms with Gasteiger partial charge in [-0.15, -0.1) is 0 Å². The third kappa shape index (κ3) is 3.76. The lowest BCUT2D eigenvalue weighted by Gasteiger charge is -2.23. The van der Waals surface area contributed by atoms with E-state index in [1.54, 1.807) is 6.20 Å². The maximum atomic E-state index is 9.21. The van der Waals surface area contributed by atoms with Crippen LogP contribution in [0.25, 0.3) is 0 Å². The molecule has 3 N–H and O–H groups in total. The number of aromatic nitrogens is 1. The summed E-state index contributed by atoms with van der Waals surface area (Å²) in [6, 6.07) is 13.8. The van der Waals surface area contributed by atoms with Gasteiger partial charge in [0.2, 0.25) is 0 Å². The minimum Gasteiger partial charge on any atom is -0.395 e. The molecule has 0 saturated carbocycles. The van der Waals surface area contributed by atoms with Gasteiger partial charge in [0, 0.05) is 24.8 Å². The normalized spacial score (nSPS) is 10.2. The molecule has 0 aliphatic rings. The highest BCUT2D eigenvalue weighted by atomic mass is 32.1. The molecular weight excluding hydrogens is 270 g/mol. The Bertz CT molecular complexity index is 557. The zero-order chi connectivity index (χ0) is 14.4. The van der Waals surface area contributed by atoms with Crippen LogP contribution in [0.15, 0.2) is 48.7 Å². The predicted molar refractivity (Wildman–Crippen MR) is 84.7 cm³/mol. The number of aliphatic hydroxyl groups is 1. The largest absolute Gasteiger partial charge is 0.395 e. The Morgan fingerprint density at radius 2 is 1.95 bits per heavy atom. The molecule has 4 nitrogen and oxygen atoms in total. The van der Waals surface area contributed by atoms with Gasteiger partial charge in [-0.25, -0.2) is 4.98 Å².